The molecule has 0 amide bonds. The average Bonchev–Trinajstić information content (AvgIpc) is 2.54. The summed E-state index contributed by atoms with van der Waals surface area (Å²) >= 11 is 6.06. The number of alkyl halides is 1. The van der Waals surface area contributed by atoms with Crippen LogP contribution >= 0.6 is 11.6 Å². The maximum absolute atomic E-state index is 11.0. The van der Waals surface area contributed by atoms with Crippen LogP contribution in [0.15, 0.2) is 30.3 Å². The van der Waals surface area contributed by atoms with Crippen molar-refractivity contribution in [3.63, 3.8) is 0 Å². The minimum absolute atomic E-state index is 0.0954. The molecule has 0 aromatic heterocycles. The molecule has 0 N–H and O–H groups in total. The fraction of sp³-hybridized carbons (Fsp3) is 0.400. The van der Waals surface area contributed by atoms with Crippen molar-refractivity contribution in [2.24, 2.45) is 0 Å². The number of aryl methyl sites for hydroxylation is 1. The SMILES string of the molecule is Cc1cc(Oc2c(C(C)C)cc(CCl)cc2C(C)C)ccc1[N+](=O)[O-]. The molecule has 0 heterocycles. The molecular weight excluding hydrogens is 338 g/mol. The van der Waals surface area contributed by atoms with Gasteiger partial charge in [0.25, 0.3) is 5.69 Å². The minimum Gasteiger partial charge on any atom is -0.457 e. The Kier molecular flexibility index (Phi) is 6.07. The van der Waals surface area contributed by atoms with Gasteiger partial charge in [-0.25, -0.2) is 0 Å². The number of nitro groups is 1. The van der Waals surface area contributed by atoms with Gasteiger partial charge < -0.3 is 4.74 Å². The Morgan fingerprint density at radius 1 is 1.08 bits per heavy atom. The molecule has 0 spiro atoms. The number of nitro benzene ring substituents is 1. The van der Waals surface area contributed by atoms with Crippen molar-refractivity contribution in [2.75, 3.05) is 0 Å². The zero-order valence-electron chi connectivity index (χ0n) is 15.3. The summed E-state index contributed by atoms with van der Waals surface area (Å²) in [6, 6.07) is 9.01. The molecule has 0 aliphatic heterocycles. The predicted octanol–water partition coefficient (Wildman–Crippen LogP) is 6.68. The number of rotatable bonds is 6. The summed E-state index contributed by atoms with van der Waals surface area (Å²) in [5, 5.41) is 11.0. The number of ether oxygens (including phenoxy) is 1. The van der Waals surface area contributed by atoms with E-state index in [-0.39, 0.29) is 22.4 Å². The van der Waals surface area contributed by atoms with Gasteiger partial charge >= 0.3 is 0 Å². The fourth-order valence-electron chi connectivity index (χ4n) is 2.81. The molecule has 5 heteroatoms. The molecule has 0 fully saturated rings. The Hall–Kier alpha value is -2.07. The molecule has 2 rings (SSSR count). The normalized spacial score (nSPS) is 11.2. The van der Waals surface area contributed by atoms with Crippen molar-refractivity contribution in [1.29, 1.82) is 0 Å². The van der Waals surface area contributed by atoms with Crippen molar-refractivity contribution in [3.8, 4) is 11.5 Å². The lowest BCUT2D eigenvalue weighted by Crippen LogP contribution is -2.03. The standard InChI is InChI=1S/C20H24ClNO3/c1-12(2)17-9-15(11-21)10-18(13(3)4)20(17)25-16-6-7-19(22(23)24)14(5)8-16/h6-10,12-13H,11H2,1-5H3. The lowest BCUT2D eigenvalue weighted by atomic mass is 9.91. The van der Waals surface area contributed by atoms with Crippen LogP contribution in [0.1, 0.15) is 61.8 Å². The van der Waals surface area contributed by atoms with E-state index in [2.05, 4.69) is 39.8 Å². The van der Waals surface area contributed by atoms with E-state index in [0.717, 1.165) is 22.4 Å². The van der Waals surface area contributed by atoms with E-state index in [9.17, 15) is 10.1 Å². The molecule has 25 heavy (non-hydrogen) atoms. The first-order valence-corrected chi connectivity index (χ1v) is 8.93. The van der Waals surface area contributed by atoms with Gasteiger partial charge in [0.1, 0.15) is 11.5 Å². The zero-order valence-corrected chi connectivity index (χ0v) is 16.1. The highest BCUT2D eigenvalue weighted by atomic mass is 35.5. The molecule has 0 aliphatic rings. The molecule has 0 atom stereocenters. The van der Waals surface area contributed by atoms with Crippen LogP contribution in [0, 0.1) is 17.0 Å². The van der Waals surface area contributed by atoms with Crippen LogP contribution in [0.5, 0.6) is 11.5 Å². The second-order valence-corrected chi connectivity index (χ2v) is 7.12. The number of hydrogen-bond acceptors (Lipinski definition) is 3. The van der Waals surface area contributed by atoms with E-state index in [1.165, 1.54) is 6.07 Å². The van der Waals surface area contributed by atoms with Crippen molar-refractivity contribution < 1.29 is 9.66 Å². The summed E-state index contributed by atoms with van der Waals surface area (Å²) in [7, 11) is 0. The van der Waals surface area contributed by atoms with Crippen LogP contribution in [0.3, 0.4) is 0 Å². The fourth-order valence-corrected chi connectivity index (χ4v) is 2.96. The first-order chi connectivity index (χ1) is 11.7. The van der Waals surface area contributed by atoms with Gasteiger partial charge in [-0.05, 0) is 47.6 Å². The molecule has 0 unspecified atom stereocenters. The first kappa shape index (κ1) is 19.3. The van der Waals surface area contributed by atoms with Crippen molar-refractivity contribution in [1.82, 2.24) is 0 Å². The van der Waals surface area contributed by atoms with Crippen molar-refractivity contribution in [2.45, 2.75) is 52.3 Å². The molecule has 0 bridgehead atoms. The Labute approximate surface area is 153 Å². The molecule has 2 aromatic carbocycles. The molecule has 0 aliphatic carbocycles. The number of halogens is 1. The highest BCUT2D eigenvalue weighted by Crippen LogP contribution is 2.39. The Morgan fingerprint density at radius 3 is 2.04 bits per heavy atom. The third-order valence-electron chi connectivity index (χ3n) is 4.19. The Bertz CT molecular complexity index is 756. The van der Waals surface area contributed by atoms with Gasteiger partial charge in [-0.15, -0.1) is 11.6 Å². The topological polar surface area (TPSA) is 52.4 Å². The molecular formula is C20H24ClNO3. The summed E-state index contributed by atoms with van der Waals surface area (Å²) in [5.74, 6) is 2.43. The van der Waals surface area contributed by atoms with Crippen LogP contribution in [0.2, 0.25) is 0 Å². The van der Waals surface area contributed by atoms with E-state index in [1.54, 1.807) is 19.1 Å². The summed E-state index contributed by atoms with van der Waals surface area (Å²) < 4.78 is 6.21. The van der Waals surface area contributed by atoms with Crippen LogP contribution in [0.4, 0.5) is 5.69 Å². The largest absolute Gasteiger partial charge is 0.457 e. The van der Waals surface area contributed by atoms with Gasteiger partial charge in [0.2, 0.25) is 0 Å². The highest BCUT2D eigenvalue weighted by Gasteiger charge is 2.19. The average molecular weight is 362 g/mol. The lowest BCUT2D eigenvalue weighted by molar-refractivity contribution is -0.385. The van der Waals surface area contributed by atoms with E-state index in [4.69, 9.17) is 16.3 Å². The molecule has 134 valence electrons. The number of benzene rings is 2. The Morgan fingerprint density at radius 2 is 1.64 bits per heavy atom. The molecule has 4 nitrogen and oxygen atoms in total. The van der Waals surface area contributed by atoms with E-state index in [1.807, 2.05) is 0 Å². The molecule has 0 radical (unpaired) electrons. The monoisotopic (exact) mass is 361 g/mol. The summed E-state index contributed by atoms with van der Waals surface area (Å²) in [6.07, 6.45) is 0. The van der Waals surface area contributed by atoms with E-state index in [0.29, 0.717) is 17.2 Å². The van der Waals surface area contributed by atoms with Gasteiger partial charge in [-0.1, -0.05) is 39.8 Å². The summed E-state index contributed by atoms with van der Waals surface area (Å²) in [6.45, 7) is 10.2. The third-order valence-corrected chi connectivity index (χ3v) is 4.50. The highest BCUT2D eigenvalue weighted by molar-refractivity contribution is 6.17. The van der Waals surface area contributed by atoms with Gasteiger partial charge in [0.05, 0.1) is 4.92 Å². The van der Waals surface area contributed by atoms with Gasteiger partial charge in [0, 0.05) is 17.5 Å². The second-order valence-electron chi connectivity index (χ2n) is 6.85. The van der Waals surface area contributed by atoms with Crippen LogP contribution in [0.25, 0.3) is 0 Å². The van der Waals surface area contributed by atoms with Crippen molar-refractivity contribution in [3.05, 3.63) is 62.7 Å². The van der Waals surface area contributed by atoms with Crippen LogP contribution in [-0.4, -0.2) is 4.92 Å². The maximum Gasteiger partial charge on any atom is 0.272 e. The lowest BCUT2D eigenvalue weighted by Gasteiger charge is -2.21. The van der Waals surface area contributed by atoms with Gasteiger partial charge in [0.15, 0.2) is 0 Å². The van der Waals surface area contributed by atoms with Crippen molar-refractivity contribution >= 4 is 17.3 Å². The quantitative estimate of drug-likeness (QED) is 0.327. The van der Waals surface area contributed by atoms with E-state index < -0.39 is 0 Å². The summed E-state index contributed by atoms with van der Waals surface area (Å²) in [5.41, 5.74) is 3.94. The zero-order chi connectivity index (χ0) is 18.7. The molecule has 2 aromatic rings. The van der Waals surface area contributed by atoms with E-state index >= 15 is 0 Å². The minimum atomic E-state index is -0.381. The molecule has 0 saturated carbocycles. The maximum atomic E-state index is 11.0. The Balaban J connectivity index is 2.54. The smallest absolute Gasteiger partial charge is 0.272 e. The van der Waals surface area contributed by atoms with Gasteiger partial charge in [-0.3, -0.25) is 10.1 Å². The number of nitrogens with zero attached hydrogens (tertiary/aromatic N) is 1. The first-order valence-electron chi connectivity index (χ1n) is 8.40. The molecule has 0 saturated heterocycles. The van der Waals surface area contributed by atoms with Crippen LogP contribution in [-0.2, 0) is 5.88 Å². The van der Waals surface area contributed by atoms with Gasteiger partial charge in [-0.2, -0.15) is 0 Å². The number of hydrogen-bond donors (Lipinski definition) is 0. The third kappa shape index (κ3) is 4.31. The second kappa shape index (κ2) is 7.87. The predicted molar refractivity (Wildman–Crippen MR) is 102 cm³/mol. The van der Waals surface area contributed by atoms with Crippen LogP contribution < -0.4 is 4.74 Å². The summed E-state index contributed by atoms with van der Waals surface area (Å²) in [4.78, 5) is 10.6.